The highest BCUT2D eigenvalue weighted by Gasteiger charge is 2.13. The van der Waals surface area contributed by atoms with E-state index in [-0.39, 0.29) is 12.2 Å². The normalized spacial score (nSPS) is 11.0. The van der Waals surface area contributed by atoms with E-state index in [9.17, 15) is 10.1 Å². The first-order valence-electron chi connectivity index (χ1n) is 10.4. The Balaban J connectivity index is 1.53. The van der Waals surface area contributed by atoms with Gasteiger partial charge in [0.25, 0.3) is 5.91 Å². The molecule has 1 N–H and O–H groups in total. The summed E-state index contributed by atoms with van der Waals surface area (Å²) >= 11 is 6.19. The summed E-state index contributed by atoms with van der Waals surface area (Å²) < 4.78 is 11.3. The maximum absolute atomic E-state index is 12.8. The van der Waals surface area contributed by atoms with E-state index in [4.69, 9.17) is 21.1 Å². The van der Waals surface area contributed by atoms with Crippen LogP contribution in [0.2, 0.25) is 5.02 Å². The van der Waals surface area contributed by atoms with Gasteiger partial charge in [0.05, 0.1) is 18.3 Å². The Hall–Kier alpha value is -4.34. The van der Waals surface area contributed by atoms with Gasteiger partial charge in [0, 0.05) is 22.2 Å². The molecule has 168 valence electrons. The fraction of sp³-hybridized carbons (Fsp3) is 0.0741. The molecule has 4 aromatic rings. The van der Waals surface area contributed by atoms with Crippen LogP contribution in [-0.2, 0) is 11.4 Å². The van der Waals surface area contributed by atoms with E-state index in [0.29, 0.717) is 27.8 Å². The van der Waals surface area contributed by atoms with Crippen molar-refractivity contribution in [2.24, 2.45) is 0 Å². The summed E-state index contributed by atoms with van der Waals surface area (Å²) in [5, 5.41) is 13.8. The molecule has 0 saturated heterocycles. The second-order valence-electron chi connectivity index (χ2n) is 7.29. The van der Waals surface area contributed by atoms with Gasteiger partial charge in [-0.2, -0.15) is 5.26 Å². The minimum Gasteiger partial charge on any atom is -0.493 e. The molecule has 0 atom stereocenters. The fourth-order valence-electron chi connectivity index (χ4n) is 3.38. The van der Waals surface area contributed by atoms with Crippen molar-refractivity contribution < 1.29 is 14.3 Å². The van der Waals surface area contributed by atoms with Gasteiger partial charge in [-0.15, -0.1) is 0 Å². The summed E-state index contributed by atoms with van der Waals surface area (Å²) in [6, 6.07) is 23.7. The van der Waals surface area contributed by atoms with E-state index in [1.807, 2.05) is 36.4 Å². The first-order valence-corrected chi connectivity index (χ1v) is 10.8. The Morgan fingerprint density at radius 3 is 2.74 bits per heavy atom. The summed E-state index contributed by atoms with van der Waals surface area (Å²) in [4.78, 5) is 17.1. The molecule has 1 aromatic heterocycles. The Labute approximate surface area is 202 Å². The van der Waals surface area contributed by atoms with E-state index >= 15 is 0 Å². The Morgan fingerprint density at radius 1 is 1.09 bits per heavy atom. The smallest absolute Gasteiger partial charge is 0.266 e. The number of fused-ring (bicyclic) bond motifs is 1. The molecule has 0 aliphatic carbocycles. The number of ether oxygens (including phenoxy) is 2. The van der Waals surface area contributed by atoms with Crippen LogP contribution in [0.3, 0.4) is 0 Å². The van der Waals surface area contributed by atoms with Crippen LogP contribution in [0.15, 0.2) is 84.6 Å². The van der Waals surface area contributed by atoms with Crippen molar-refractivity contribution in [3.8, 4) is 17.6 Å². The monoisotopic (exact) mass is 469 g/mol. The molecule has 1 amide bonds. The minimum atomic E-state index is -0.517. The number of nitrogens with zero attached hydrogens (tertiary/aromatic N) is 2. The highest BCUT2D eigenvalue weighted by Crippen LogP contribution is 2.30. The molecule has 7 heteroatoms. The molecule has 0 aliphatic heterocycles. The number of aromatic nitrogens is 1. The molecule has 0 aliphatic rings. The quantitative estimate of drug-likeness (QED) is 0.264. The number of rotatable bonds is 7. The fourth-order valence-corrected chi connectivity index (χ4v) is 3.57. The van der Waals surface area contributed by atoms with Gasteiger partial charge in [-0.1, -0.05) is 41.9 Å². The number of nitriles is 1. The summed E-state index contributed by atoms with van der Waals surface area (Å²) in [6.07, 6.45) is 3.18. The molecular formula is C27H20ClN3O3. The number of carbonyl (C=O) groups excluding carboxylic acids is 1. The summed E-state index contributed by atoms with van der Waals surface area (Å²) in [7, 11) is 1.53. The molecule has 6 nitrogen and oxygen atoms in total. The van der Waals surface area contributed by atoms with Gasteiger partial charge in [0.1, 0.15) is 18.2 Å². The lowest BCUT2D eigenvalue weighted by Crippen LogP contribution is -2.13. The number of nitrogens with one attached hydrogen (secondary N) is 1. The third kappa shape index (κ3) is 5.17. The molecule has 1 heterocycles. The van der Waals surface area contributed by atoms with Crippen LogP contribution < -0.4 is 14.8 Å². The van der Waals surface area contributed by atoms with Crippen LogP contribution in [0.1, 0.15) is 11.1 Å². The van der Waals surface area contributed by atoms with Gasteiger partial charge in [-0.05, 0) is 54.1 Å². The maximum Gasteiger partial charge on any atom is 0.266 e. The Morgan fingerprint density at radius 2 is 1.94 bits per heavy atom. The predicted octanol–water partition coefficient (Wildman–Crippen LogP) is 6.02. The molecule has 0 spiro atoms. The van der Waals surface area contributed by atoms with Crippen molar-refractivity contribution in [2.75, 3.05) is 12.4 Å². The summed E-state index contributed by atoms with van der Waals surface area (Å²) in [5.41, 5.74) is 2.75. The third-order valence-corrected chi connectivity index (χ3v) is 5.47. The van der Waals surface area contributed by atoms with Crippen LogP contribution >= 0.6 is 11.6 Å². The van der Waals surface area contributed by atoms with Crippen LogP contribution in [0.5, 0.6) is 11.5 Å². The lowest BCUT2D eigenvalue weighted by molar-refractivity contribution is -0.112. The van der Waals surface area contributed by atoms with E-state index in [1.54, 1.807) is 48.7 Å². The van der Waals surface area contributed by atoms with Gasteiger partial charge in [-0.25, -0.2) is 0 Å². The number of halogens is 1. The van der Waals surface area contributed by atoms with Crippen molar-refractivity contribution in [1.82, 2.24) is 4.98 Å². The molecule has 3 aromatic carbocycles. The van der Waals surface area contributed by atoms with Crippen molar-refractivity contribution in [1.29, 1.82) is 5.26 Å². The largest absolute Gasteiger partial charge is 0.493 e. The molecule has 0 bridgehead atoms. The molecule has 0 saturated carbocycles. The lowest BCUT2D eigenvalue weighted by Gasteiger charge is -2.12. The minimum absolute atomic E-state index is 0.0484. The number of hydrogen-bond donors (Lipinski definition) is 1. The molecule has 0 unspecified atom stereocenters. The second kappa shape index (κ2) is 10.5. The predicted molar refractivity (Wildman–Crippen MR) is 133 cm³/mol. The Kier molecular flexibility index (Phi) is 7.07. The van der Waals surface area contributed by atoms with Crippen molar-refractivity contribution in [2.45, 2.75) is 6.61 Å². The second-order valence-corrected chi connectivity index (χ2v) is 7.70. The topological polar surface area (TPSA) is 84.2 Å². The van der Waals surface area contributed by atoms with Gasteiger partial charge < -0.3 is 14.8 Å². The summed E-state index contributed by atoms with van der Waals surface area (Å²) in [6.45, 7) is 0.275. The number of benzene rings is 3. The average Bonchev–Trinajstić information content (AvgIpc) is 2.87. The number of methoxy groups -OCH3 is 1. The van der Waals surface area contributed by atoms with Crippen molar-refractivity contribution in [3.05, 3.63) is 101 Å². The molecule has 0 fully saturated rings. The van der Waals surface area contributed by atoms with Crippen LogP contribution in [0.4, 0.5) is 5.69 Å². The summed E-state index contributed by atoms with van der Waals surface area (Å²) in [5.74, 6) is 0.473. The van der Waals surface area contributed by atoms with Crippen LogP contribution in [0, 0.1) is 11.3 Å². The molecule has 34 heavy (non-hydrogen) atoms. The molecule has 0 radical (unpaired) electrons. The number of carbonyl (C=O) groups is 1. The standard InChI is InChI=1S/C27H20ClN3O3/c1-33-26-15-18(11-12-25(26)34-17-19-6-2-3-8-22(19)28)14-20(16-29)27(32)31-24-10-4-9-23-21(24)7-5-13-30-23/h2-15H,17H2,1H3,(H,31,32)/b20-14-. The highest BCUT2D eigenvalue weighted by atomic mass is 35.5. The van der Waals surface area contributed by atoms with Gasteiger partial charge >= 0.3 is 0 Å². The number of anilines is 1. The average molecular weight is 470 g/mol. The first kappa shape index (κ1) is 22.8. The number of pyridine rings is 1. The molecular weight excluding hydrogens is 450 g/mol. The maximum atomic E-state index is 12.8. The van der Waals surface area contributed by atoms with E-state index in [1.165, 1.54) is 13.2 Å². The zero-order valence-electron chi connectivity index (χ0n) is 18.3. The highest BCUT2D eigenvalue weighted by molar-refractivity contribution is 6.31. The Bertz CT molecular complexity index is 1420. The molecule has 4 rings (SSSR count). The zero-order chi connectivity index (χ0) is 23.9. The lowest BCUT2D eigenvalue weighted by atomic mass is 10.1. The van der Waals surface area contributed by atoms with E-state index in [0.717, 1.165) is 16.5 Å². The van der Waals surface area contributed by atoms with E-state index in [2.05, 4.69) is 10.3 Å². The van der Waals surface area contributed by atoms with Crippen LogP contribution in [-0.4, -0.2) is 18.0 Å². The zero-order valence-corrected chi connectivity index (χ0v) is 19.0. The van der Waals surface area contributed by atoms with Gasteiger partial charge in [0.2, 0.25) is 0 Å². The number of hydrogen-bond acceptors (Lipinski definition) is 5. The first-order chi connectivity index (χ1) is 16.6. The van der Waals surface area contributed by atoms with Crippen molar-refractivity contribution in [3.63, 3.8) is 0 Å². The van der Waals surface area contributed by atoms with Crippen molar-refractivity contribution >= 4 is 40.2 Å². The third-order valence-electron chi connectivity index (χ3n) is 5.10. The van der Waals surface area contributed by atoms with Crippen LogP contribution in [0.25, 0.3) is 17.0 Å². The van der Waals surface area contributed by atoms with E-state index < -0.39 is 5.91 Å². The van der Waals surface area contributed by atoms with Gasteiger partial charge in [-0.3, -0.25) is 9.78 Å². The SMILES string of the molecule is COc1cc(/C=C(/C#N)C(=O)Nc2cccc3ncccc23)ccc1OCc1ccccc1Cl. The van der Waals surface area contributed by atoms with Gasteiger partial charge in [0.15, 0.2) is 11.5 Å². The number of amides is 1.